The van der Waals surface area contributed by atoms with Gasteiger partial charge in [0.05, 0.1) is 27.9 Å². The van der Waals surface area contributed by atoms with Gasteiger partial charge in [0.15, 0.2) is 0 Å². The Balaban J connectivity index is 1.83. The van der Waals surface area contributed by atoms with Crippen LogP contribution in [0.15, 0.2) is 42.5 Å². The lowest BCUT2D eigenvalue weighted by Crippen LogP contribution is -2.29. The number of hydrogen-bond acceptors (Lipinski definition) is 4. The highest BCUT2D eigenvalue weighted by Gasteiger charge is 2.38. The van der Waals surface area contributed by atoms with E-state index in [-0.39, 0.29) is 22.7 Å². The van der Waals surface area contributed by atoms with Gasteiger partial charge in [-0.3, -0.25) is 24.1 Å². The van der Waals surface area contributed by atoms with Gasteiger partial charge in [0.25, 0.3) is 23.6 Å². The van der Waals surface area contributed by atoms with E-state index in [9.17, 15) is 19.2 Å². The molecule has 0 fully saturated rings. The lowest BCUT2D eigenvalue weighted by atomic mass is 10.1. The van der Waals surface area contributed by atoms with Gasteiger partial charge in [0.2, 0.25) is 0 Å². The van der Waals surface area contributed by atoms with Crippen LogP contribution in [0.1, 0.15) is 41.4 Å². The smallest absolute Gasteiger partial charge is 0.266 e. The molecule has 6 nitrogen and oxygen atoms in total. The molecule has 0 bridgehead atoms. The van der Waals surface area contributed by atoms with E-state index in [1.165, 1.54) is 25.2 Å². The largest absolute Gasteiger partial charge is 0.277 e. The van der Waals surface area contributed by atoms with Crippen LogP contribution < -0.4 is 4.90 Å². The molecule has 0 atom stereocenters. The summed E-state index contributed by atoms with van der Waals surface area (Å²) in [5.74, 6) is -1.70. The molecule has 23 heavy (non-hydrogen) atoms. The number of carbonyl (C=O) groups is 4. The molecule has 0 radical (unpaired) electrons. The van der Waals surface area contributed by atoms with E-state index in [1.807, 2.05) is 0 Å². The first-order chi connectivity index (χ1) is 11.0. The van der Waals surface area contributed by atoms with Crippen LogP contribution in [-0.2, 0) is 0 Å². The maximum atomic E-state index is 12.5. The zero-order chi connectivity index (χ0) is 16.3. The van der Waals surface area contributed by atoms with Crippen LogP contribution in [0.4, 0.5) is 5.69 Å². The van der Waals surface area contributed by atoms with E-state index < -0.39 is 17.7 Å². The third kappa shape index (κ3) is 1.63. The van der Waals surface area contributed by atoms with Gasteiger partial charge in [-0.15, -0.1) is 0 Å². The number of benzene rings is 2. The molecule has 0 saturated carbocycles. The number of anilines is 1. The summed E-state index contributed by atoms with van der Waals surface area (Å²) in [6.45, 7) is 0. The minimum Gasteiger partial charge on any atom is -0.277 e. The van der Waals surface area contributed by atoms with Gasteiger partial charge < -0.3 is 0 Å². The Bertz CT molecular complexity index is 897. The Morgan fingerprint density at radius 2 is 1.17 bits per heavy atom. The maximum absolute atomic E-state index is 12.5. The second kappa shape index (κ2) is 4.36. The third-order valence-corrected chi connectivity index (χ3v) is 4.13. The Morgan fingerprint density at radius 1 is 0.652 bits per heavy atom. The van der Waals surface area contributed by atoms with Crippen LogP contribution in [-0.4, -0.2) is 35.6 Å². The highest BCUT2D eigenvalue weighted by Crippen LogP contribution is 2.31. The molecule has 2 heterocycles. The summed E-state index contributed by atoms with van der Waals surface area (Å²) in [5.41, 5.74) is 1.42. The van der Waals surface area contributed by atoms with Gasteiger partial charge in [-0.25, -0.2) is 4.90 Å². The van der Waals surface area contributed by atoms with E-state index in [4.69, 9.17) is 0 Å². The summed E-state index contributed by atoms with van der Waals surface area (Å²) < 4.78 is 0. The van der Waals surface area contributed by atoms with Crippen LogP contribution >= 0.6 is 0 Å². The van der Waals surface area contributed by atoms with Crippen molar-refractivity contribution in [3.8, 4) is 0 Å². The number of amides is 4. The van der Waals surface area contributed by atoms with Crippen molar-refractivity contribution in [2.75, 3.05) is 11.9 Å². The highest BCUT2D eigenvalue weighted by molar-refractivity contribution is 6.34. The Labute approximate surface area is 130 Å². The van der Waals surface area contributed by atoms with E-state index in [1.54, 1.807) is 24.3 Å². The van der Waals surface area contributed by atoms with Crippen molar-refractivity contribution in [2.24, 2.45) is 0 Å². The van der Waals surface area contributed by atoms with Gasteiger partial charge in [-0.1, -0.05) is 12.1 Å². The van der Waals surface area contributed by atoms with E-state index in [0.717, 1.165) is 9.80 Å². The van der Waals surface area contributed by atoms with Gasteiger partial charge in [0.1, 0.15) is 0 Å². The first-order valence-electron chi connectivity index (χ1n) is 6.95. The van der Waals surface area contributed by atoms with E-state index >= 15 is 0 Å². The quantitative estimate of drug-likeness (QED) is 0.752. The second-order valence-corrected chi connectivity index (χ2v) is 5.39. The Hall–Kier alpha value is -3.28. The normalized spacial score (nSPS) is 16.2. The average molecular weight is 306 g/mol. The van der Waals surface area contributed by atoms with Crippen LogP contribution in [0.5, 0.6) is 0 Å². The minimum absolute atomic E-state index is 0.201. The number of rotatable bonds is 1. The lowest BCUT2D eigenvalue weighted by Gasteiger charge is -2.14. The van der Waals surface area contributed by atoms with Gasteiger partial charge in [-0.05, 0) is 30.3 Å². The fourth-order valence-electron chi connectivity index (χ4n) is 2.91. The van der Waals surface area contributed by atoms with E-state index in [2.05, 4.69) is 0 Å². The summed E-state index contributed by atoms with van der Waals surface area (Å²) >= 11 is 0. The molecule has 6 heteroatoms. The van der Waals surface area contributed by atoms with Crippen molar-refractivity contribution in [3.63, 3.8) is 0 Å². The monoisotopic (exact) mass is 306 g/mol. The topological polar surface area (TPSA) is 74.8 Å². The van der Waals surface area contributed by atoms with Crippen LogP contribution in [0.2, 0.25) is 0 Å². The van der Waals surface area contributed by atoms with Gasteiger partial charge in [0, 0.05) is 7.05 Å². The average Bonchev–Trinajstić information content (AvgIpc) is 2.95. The van der Waals surface area contributed by atoms with Crippen LogP contribution in [0.25, 0.3) is 0 Å². The molecule has 2 aromatic rings. The molecule has 2 aliphatic rings. The third-order valence-electron chi connectivity index (χ3n) is 4.13. The van der Waals surface area contributed by atoms with E-state index in [0.29, 0.717) is 11.1 Å². The molecule has 2 aromatic carbocycles. The number of hydrogen-bond donors (Lipinski definition) is 0. The van der Waals surface area contributed by atoms with Gasteiger partial charge >= 0.3 is 0 Å². The fourth-order valence-corrected chi connectivity index (χ4v) is 2.91. The van der Waals surface area contributed by atoms with Crippen molar-refractivity contribution < 1.29 is 19.2 Å². The SMILES string of the molecule is CN1C(=O)c2ccc(N3C(=O)c4ccccc4C3=O)cc2C1=O. The molecular formula is C17H10N2O4. The predicted octanol–water partition coefficient (Wildman–Crippen LogP) is 1.71. The van der Waals surface area contributed by atoms with Crippen molar-refractivity contribution in [3.05, 3.63) is 64.7 Å². The molecule has 4 rings (SSSR count). The molecule has 112 valence electrons. The first kappa shape index (κ1) is 13.4. The number of nitrogens with zero attached hydrogens (tertiary/aromatic N) is 2. The molecular weight excluding hydrogens is 296 g/mol. The molecule has 0 spiro atoms. The predicted molar refractivity (Wildman–Crippen MR) is 80.4 cm³/mol. The van der Waals surface area contributed by atoms with Crippen molar-refractivity contribution >= 4 is 29.3 Å². The Morgan fingerprint density at radius 3 is 1.78 bits per heavy atom. The molecule has 0 aromatic heterocycles. The minimum atomic E-state index is -0.441. The number of imide groups is 2. The number of carbonyl (C=O) groups excluding carboxylic acids is 4. The zero-order valence-corrected chi connectivity index (χ0v) is 12.1. The van der Waals surface area contributed by atoms with Gasteiger partial charge in [-0.2, -0.15) is 0 Å². The molecule has 2 aliphatic heterocycles. The molecule has 0 N–H and O–H groups in total. The zero-order valence-electron chi connectivity index (χ0n) is 12.1. The lowest BCUT2D eigenvalue weighted by molar-refractivity contribution is 0.0692. The molecule has 0 unspecified atom stereocenters. The van der Waals surface area contributed by atoms with Crippen molar-refractivity contribution in [1.82, 2.24) is 4.90 Å². The van der Waals surface area contributed by atoms with Crippen LogP contribution in [0, 0.1) is 0 Å². The maximum Gasteiger partial charge on any atom is 0.266 e. The summed E-state index contributed by atoms with van der Waals surface area (Å²) in [4.78, 5) is 50.9. The molecule has 4 amide bonds. The summed E-state index contributed by atoms with van der Waals surface area (Å²) in [6.07, 6.45) is 0. The molecule has 0 aliphatic carbocycles. The second-order valence-electron chi connectivity index (χ2n) is 5.39. The Kier molecular flexibility index (Phi) is 2.54. The standard InChI is InChI=1S/C17H10N2O4/c1-18-14(20)12-7-6-9(8-13(12)15(18)21)19-16(22)10-4-2-3-5-11(10)17(19)23/h2-8H,1H3. The first-order valence-corrected chi connectivity index (χ1v) is 6.95. The summed E-state index contributed by atoms with van der Waals surface area (Å²) in [6, 6.07) is 10.9. The summed E-state index contributed by atoms with van der Waals surface area (Å²) in [7, 11) is 1.40. The fraction of sp³-hybridized carbons (Fsp3) is 0.0588. The summed E-state index contributed by atoms with van der Waals surface area (Å²) in [5, 5.41) is 0. The van der Waals surface area contributed by atoms with Crippen molar-refractivity contribution in [2.45, 2.75) is 0 Å². The van der Waals surface area contributed by atoms with Crippen molar-refractivity contribution in [1.29, 1.82) is 0 Å². The molecule has 0 saturated heterocycles. The van der Waals surface area contributed by atoms with Crippen LogP contribution in [0.3, 0.4) is 0 Å². The number of fused-ring (bicyclic) bond motifs is 2. The highest BCUT2D eigenvalue weighted by atomic mass is 16.2.